The quantitative estimate of drug-likeness (QED) is 0.197. The summed E-state index contributed by atoms with van der Waals surface area (Å²) in [5.41, 5.74) is 1.44. The van der Waals surface area contributed by atoms with Crippen molar-refractivity contribution >= 4 is 12.3 Å². The Hall–Kier alpha value is -3.28. The van der Waals surface area contributed by atoms with E-state index in [1.165, 1.54) is 12.5 Å². The summed E-state index contributed by atoms with van der Waals surface area (Å²) in [5, 5.41) is 0. The first-order valence-corrected chi connectivity index (χ1v) is 8.52. The van der Waals surface area contributed by atoms with E-state index in [0.717, 1.165) is 5.56 Å². The lowest BCUT2D eigenvalue weighted by Gasteiger charge is -2.20. The lowest BCUT2D eigenvalue weighted by molar-refractivity contribution is -0.142. The molecule has 0 spiro atoms. The molecule has 0 saturated heterocycles. The Bertz CT molecular complexity index is 789. The minimum absolute atomic E-state index is 0.0975. The van der Waals surface area contributed by atoms with E-state index in [-0.39, 0.29) is 18.2 Å². The van der Waals surface area contributed by atoms with Crippen molar-refractivity contribution in [2.45, 2.75) is 26.1 Å². The molecule has 0 N–H and O–H groups in total. The summed E-state index contributed by atoms with van der Waals surface area (Å²) < 4.78 is 21.7. The summed E-state index contributed by atoms with van der Waals surface area (Å²) in [6.45, 7) is 5.67. The van der Waals surface area contributed by atoms with Crippen LogP contribution in [0, 0.1) is 0 Å². The molecule has 2 aromatic rings. The number of benzene rings is 1. The first-order valence-electron chi connectivity index (χ1n) is 8.52. The summed E-state index contributed by atoms with van der Waals surface area (Å²) >= 11 is 0. The Kier molecular flexibility index (Phi) is 7.91. The van der Waals surface area contributed by atoms with E-state index in [0.29, 0.717) is 30.6 Å². The Balaban J connectivity index is 2.16. The van der Waals surface area contributed by atoms with Crippen LogP contribution in [0.5, 0.6) is 5.75 Å². The van der Waals surface area contributed by atoms with E-state index in [1.807, 2.05) is 12.1 Å². The predicted molar refractivity (Wildman–Crippen MR) is 99.4 cm³/mol. The van der Waals surface area contributed by atoms with Gasteiger partial charge in [-0.15, -0.1) is 0 Å². The van der Waals surface area contributed by atoms with Crippen molar-refractivity contribution in [2.75, 3.05) is 6.61 Å². The van der Waals surface area contributed by atoms with Gasteiger partial charge in [0.1, 0.15) is 5.75 Å². The number of carbonyl (C=O) groups is 2. The summed E-state index contributed by atoms with van der Waals surface area (Å²) in [4.78, 5) is 22.6. The molecule has 0 aliphatic heterocycles. The maximum atomic E-state index is 11.8. The third kappa shape index (κ3) is 6.51. The molecular weight excluding hydrogens is 348 g/mol. The lowest BCUT2D eigenvalue weighted by atomic mass is 10.1. The molecule has 27 heavy (non-hydrogen) atoms. The van der Waals surface area contributed by atoms with E-state index in [4.69, 9.17) is 18.6 Å². The molecule has 1 unspecified atom stereocenters. The highest BCUT2D eigenvalue weighted by molar-refractivity contribution is 5.73. The highest BCUT2D eigenvalue weighted by Crippen LogP contribution is 2.22. The van der Waals surface area contributed by atoms with Crippen LogP contribution in [0.3, 0.4) is 0 Å². The van der Waals surface area contributed by atoms with Gasteiger partial charge in [0.15, 0.2) is 12.0 Å². The molecule has 1 heterocycles. The Labute approximate surface area is 158 Å². The fraction of sp³-hybridized carbons (Fsp3) is 0.238. The van der Waals surface area contributed by atoms with Crippen LogP contribution >= 0.6 is 0 Å². The van der Waals surface area contributed by atoms with Crippen molar-refractivity contribution in [2.24, 2.45) is 0 Å². The second kappa shape index (κ2) is 10.7. The van der Waals surface area contributed by atoms with Crippen LogP contribution in [0.15, 0.2) is 66.0 Å². The normalized spacial score (nSPS) is 11.7. The number of carbonyl (C=O) groups excluding carboxylic acids is 2. The van der Waals surface area contributed by atoms with Crippen molar-refractivity contribution in [1.29, 1.82) is 0 Å². The SMILES string of the molecule is C=C/C=C\OC(Cc1coc(C=O)c1)Oc1ccccc1CC(=O)OCC. The van der Waals surface area contributed by atoms with Crippen molar-refractivity contribution in [3.8, 4) is 5.75 Å². The van der Waals surface area contributed by atoms with Gasteiger partial charge in [-0.1, -0.05) is 30.9 Å². The fourth-order valence-corrected chi connectivity index (χ4v) is 2.34. The second-order valence-corrected chi connectivity index (χ2v) is 5.52. The molecule has 0 amide bonds. The number of hydrogen-bond acceptors (Lipinski definition) is 6. The van der Waals surface area contributed by atoms with E-state index in [9.17, 15) is 9.59 Å². The molecule has 142 valence electrons. The third-order valence-electron chi connectivity index (χ3n) is 3.51. The van der Waals surface area contributed by atoms with E-state index in [1.54, 1.807) is 37.3 Å². The van der Waals surface area contributed by atoms with Crippen LogP contribution in [-0.2, 0) is 27.1 Å². The third-order valence-corrected chi connectivity index (χ3v) is 3.51. The number of rotatable bonds is 11. The average molecular weight is 370 g/mol. The molecular formula is C21H22O6. The molecule has 6 nitrogen and oxygen atoms in total. The number of esters is 1. The van der Waals surface area contributed by atoms with Gasteiger partial charge in [0.05, 0.1) is 32.0 Å². The number of para-hydroxylation sites is 1. The molecule has 6 heteroatoms. The smallest absolute Gasteiger partial charge is 0.310 e. The Morgan fingerprint density at radius 3 is 2.85 bits per heavy atom. The molecule has 1 atom stereocenters. The van der Waals surface area contributed by atoms with Gasteiger partial charge < -0.3 is 18.6 Å². The zero-order chi connectivity index (χ0) is 19.5. The molecule has 0 radical (unpaired) electrons. The maximum absolute atomic E-state index is 11.8. The molecule has 1 aromatic carbocycles. The number of ether oxygens (including phenoxy) is 3. The predicted octanol–water partition coefficient (Wildman–Crippen LogP) is 3.86. The molecule has 1 aromatic heterocycles. The molecule has 0 saturated carbocycles. The van der Waals surface area contributed by atoms with Crippen LogP contribution in [0.2, 0.25) is 0 Å². The fourth-order valence-electron chi connectivity index (χ4n) is 2.34. The minimum atomic E-state index is -0.693. The number of aldehydes is 1. The minimum Gasteiger partial charge on any atom is -0.466 e. The van der Waals surface area contributed by atoms with Gasteiger partial charge in [-0.05, 0) is 30.7 Å². The summed E-state index contributed by atoms with van der Waals surface area (Å²) in [5.74, 6) is 0.415. The van der Waals surface area contributed by atoms with E-state index < -0.39 is 6.29 Å². The van der Waals surface area contributed by atoms with Crippen LogP contribution in [0.1, 0.15) is 28.6 Å². The maximum Gasteiger partial charge on any atom is 0.310 e. The molecule has 0 aliphatic carbocycles. The first kappa shape index (κ1) is 20.0. The summed E-state index contributed by atoms with van der Waals surface area (Å²) in [7, 11) is 0. The van der Waals surface area contributed by atoms with Crippen LogP contribution < -0.4 is 4.74 Å². The molecule has 0 fully saturated rings. The average Bonchev–Trinajstić information content (AvgIpc) is 3.11. The van der Waals surface area contributed by atoms with Gasteiger partial charge in [0.25, 0.3) is 0 Å². The lowest BCUT2D eigenvalue weighted by Crippen LogP contribution is -2.22. The van der Waals surface area contributed by atoms with Crippen molar-refractivity contribution < 1.29 is 28.2 Å². The van der Waals surface area contributed by atoms with Gasteiger partial charge in [-0.25, -0.2) is 0 Å². The van der Waals surface area contributed by atoms with Crippen LogP contribution in [0.4, 0.5) is 0 Å². The van der Waals surface area contributed by atoms with Gasteiger partial charge in [0.2, 0.25) is 6.29 Å². The molecule has 0 aliphatic rings. The topological polar surface area (TPSA) is 75.0 Å². The number of allylic oxidation sites excluding steroid dienone is 2. The zero-order valence-corrected chi connectivity index (χ0v) is 15.1. The van der Waals surface area contributed by atoms with Crippen molar-refractivity contribution in [1.82, 2.24) is 0 Å². The Morgan fingerprint density at radius 1 is 1.33 bits per heavy atom. The van der Waals surface area contributed by atoms with Crippen molar-refractivity contribution in [3.63, 3.8) is 0 Å². The van der Waals surface area contributed by atoms with Crippen LogP contribution in [0.25, 0.3) is 0 Å². The Morgan fingerprint density at radius 2 is 2.15 bits per heavy atom. The first-order chi connectivity index (χ1) is 13.2. The summed E-state index contributed by atoms with van der Waals surface area (Å²) in [6.07, 6.45) is 6.53. The zero-order valence-electron chi connectivity index (χ0n) is 15.1. The highest BCUT2D eigenvalue weighted by atomic mass is 16.7. The van der Waals surface area contributed by atoms with Gasteiger partial charge in [0, 0.05) is 5.56 Å². The van der Waals surface area contributed by atoms with Gasteiger partial charge >= 0.3 is 5.97 Å². The second-order valence-electron chi connectivity index (χ2n) is 5.52. The van der Waals surface area contributed by atoms with E-state index >= 15 is 0 Å². The number of hydrogen-bond donors (Lipinski definition) is 0. The molecule has 0 bridgehead atoms. The monoisotopic (exact) mass is 370 g/mol. The summed E-state index contributed by atoms with van der Waals surface area (Å²) in [6, 6.07) is 8.80. The van der Waals surface area contributed by atoms with Crippen molar-refractivity contribution in [3.05, 3.63) is 78.5 Å². The highest BCUT2D eigenvalue weighted by Gasteiger charge is 2.17. The standard InChI is InChI=1S/C21H22O6/c1-3-5-10-25-21(12-16-11-18(14-22)26-15-16)27-19-9-7-6-8-17(19)13-20(23)24-4-2/h3,5-11,14-15,21H,1,4,12-13H2,2H3/b10-5-. The largest absolute Gasteiger partial charge is 0.466 e. The van der Waals surface area contributed by atoms with Crippen LogP contribution in [-0.4, -0.2) is 25.2 Å². The number of furan rings is 1. The van der Waals surface area contributed by atoms with E-state index in [2.05, 4.69) is 6.58 Å². The molecule has 2 rings (SSSR count). The van der Waals surface area contributed by atoms with Gasteiger partial charge in [-0.3, -0.25) is 9.59 Å². The van der Waals surface area contributed by atoms with Gasteiger partial charge in [-0.2, -0.15) is 0 Å².